The smallest absolute Gasteiger partial charge is 0.248 e. The number of ether oxygens (including phenoxy) is 1. The lowest BCUT2D eigenvalue weighted by molar-refractivity contribution is -0.121. The first-order chi connectivity index (χ1) is 16.7. The number of imidazole rings is 1. The van der Waals surface area contributed by atoms with Gasteiger partial charge in [0, 0.05) is 18.0 Å². The van der Waals surface area contributed by atoms with Crippen molar-refractivity contribution in [2.75, 3.05) is 17.3 Å². The summed E-state index contributed by atoms with van der Waals surface area (Å²) in [4.78, 5) is 23.5. The van der Waals surface area contributed by atoms with Crippen LogP contribution in [0.15, 0.2) is 55.0 Å². The van der Waals surface area contributed by atoms with Crippen molar-refractivity contribution in [2.24, 2.45) is 0 Å². The first kappa shape index (κ1) is 22.6. The summed E-state index contributed by atoms with van der Waals surface area (Å²) in [6, 6.07) is 11.8. The Morgan fingerprint density at radius 1 is 1.17 bits per heavy atom. The predicted molar refractivity (Wildman–Crippen MR) is 130 cm³/mol. The molecule has 180 valence electrons. The molecule has 0 saturated carbocycles. The van der Waals surface area contributed by atoms with Crippen LogP contribution in [0.25, 0.3) is 5.69 Å². The largest absolute Gasteiger partial charge is 0.494 e. The van der Waals surface area contributed by atoms with Crippen LogP contribution in [0.2, 0.25) is 0 Å². The van der Waals surface area contributed by atoms with Gasteiger partial charge in [-0.05, 0) is 50.6 Å². The summed E-state index contributed by atoms with van der Waals surface area (Å²) in [6.45, 7) is 6.11. The molecule has 0 radical (unpaired) electrons. The van der Waals surface area contributed by atoms with Gasteiger partial charge in [-0.1, -0.05) is 12.1 Å². The molecule has 0 atom stereocenters. The minimum Gasteiger partial charge on any atom is -0.494 e. The fourth-order valence-electron chi connectivity index (χ4n) is 4.17. The Labute approximate surface area is 202 Å². The predicted octanol–water partition coefficient (Wildman–Crippen LogP) is 4.34. The van der Waals surface area contributed by atoms with Crippen LogP contribution < -0.4 is 15.0 Å². The molecule has 0 fully saturated rings. The van der Waals surface area contributed by atoms with Crippen LogP contribution in [-0.4, -0.2) is 37.3 Å². The maximum Gasteiger partial charge on any atom is 0.248 e. The van der Waals surface area contributed by atoms with Crippen LogP contribution in [0.3, 0.4) is 0 Å². The molecule has 0 bridgehead atoms. The van der Waals surface area contributed by atoms with E-state index < -0.39 is 5.54 Å². The van der Waals surface area contributed by atoms with Gasteiger partial charge in [0.25, 0.3) is 0 Å². The van der Waals surface area contributed by atoms with Crippen LogP contribution >= 0.6 is 0 Å². The molecule has 2 aromatic carbocycles. The van der Waals surface area contributed by atoms with Gasteiger partial charge in [-0.25, -0.2) is 14.1 Å². The second-order valence-electron chi connectivity index (χ2n) is 9.18. The van der Waals surface area contributed by atoms with Crippen molar-refractivity contribution in [1.29, 1.82) is 0 Å². The lowest BCUT2D eigenvalue weighted by atomic mass is 9.98. The monoisotopic (exact) mass is 475 g/mol. The average molecular weight is 476 g/mol. The number of rotatable bonds is 6. The van der Waals surface area contributed by atoms with Gasteiger partial charge in [-0.3, -0.25) is 9.69 Å². The van der Waals surface area contributed by atoms with Crippen LogP contribution in [0.5, 0.6) is 5.75 Å². The number of aryl methyl sites for hydroxylation is 1. The van der Waals surface area contributed by atoms with Crippen LogP contribution in [-0.2, 0) is 16.9 Å². The van der Waals surface area contributed by atoms with Crippen molar-refractivity contribution < 1.29 is 13.9 Å². The second kappa shape index (κ2) is 8.53. The molecule has 3 heterocycles. The number of carbonyl (C=O) groups excluding carboxylic acids is 1. The lowest BCUT2D eigenvalue weighted by Gasteiger charge is -2.36. The number of aromatic nitrogens is 5. The normalized spacial score (nSPS) is 14.7. The lowest BCUT2D eigenvalue weighted by Crippen LogP contribution is -2.46. The van der Waals surface area contributed by atoms with E-state index in [9.17, 15) is 9.18 Å². The summed E-state index contributed by atoms with van der Waals surface area (Å²) < 4.78 is 22.6. The van der Waals surface area contributed by atoms with Crippen molar-refractivity contribution in [1.82, 2.24) is 24.3 Å². The summed E-state index contributed by atoms with van der Waals surface area (Å²) in [7, 11) is 1.61. The Balaban J connectivity index is 1.45. The van der Waals surface area contributed by atoms with E-state index in [-0.39, 0.29) is 24.7 Å². The van der Waals surface area contributed by atoms with E-state index in [1.54, 1.807) is 35.2 Å². The summed E-state index contributed by atoms with van der Waals surface area (Å²) in [5, 5.41) is 7.89. The zero-order valence-electron chi connectivity index (χ0n) is 20.0. The van der Waals surface area contributed by atoms with Gasteiger partial charge in [-0.2, -0.15) is 4.98 Å². The van der Waals surface area contributed by atoms with E-state index in [1.165, 1.54) is 12.1 Å². The molecule has 10 heteroatoms. The summed E-state index contributed by atoms with van der Waals surface area (Å²) in [6.07, 6.45) is 3.93. The zero-order chi connectivity index (χ0) is 24.7. The Morgan fingerprint density at radius 3 is 2.63 bits per heavy atom. The quantitative estimate of drug-likeness (QED) is 0.446. The van der Waals surface area contributed by atoms with Crippen LogP contribution in [0.1, 0.15) is 31.5 Å². The molecule has 5 rings (SSSR count). The molecule has 9 nitrogen and oxygen atoms in total. The van der Waals surface area contributed by atoms with Gasteiger partial charge in [-0.15, -0.1) is 5.10 Å². The van der Waals surface area contributed by atoms with Gasteiger partial charge in [0.2, 0.25) is 17.8 Å². The second-order valence-corrected chi connectivity index (χ2v) is 9.18. The first-order valence-corrected chi connectivity index (χ1v) is 11.2. The molecular formula is C25H26FN7O2. The number of amides is 1. The maximum absolute atomic E-state index is 13.3. The number of benzene rings is 2. The number of hydrogen-bond donors (Lipinski definition) is 1. The van der Waals surface area contributed by atoms with Crippen molar-refractivity contribution in [3.8, 4) is 11.4 Å². The molecule has 35 heavy (non-hydrogen) atoms. The molecule has 0 aliphatic carbocycles. The average Bonchev–Trinajstić information content (AvgIpc) is 3.44. The fourth-order valence-corrected chi connectivity index (χ4v) is 4.17. The Hall–Kier alpha value is -4.21. The highest BCUT2D eigenvalue weighted by Gasteiger charge is 2.39. The highest BCUT2D eigenvalue weighted by atomic mass is 19.1. The Bertz CT molecular complexity index is 1390. The molecule has 1 N–H and O–H groups in total. The SMILES string of the molecule is COc1cc(Nc2nc3n(n2)C(C)(C)CC(=O)N3Cc2ccc(F)cc2)ccc1-n1cnc(C)c1. The van der Waals surface area contributed by atoms with E-state index in [0.717, 1.165) is 22.6 Å². The number of fused-ring (bicyclic) bond motifs is 1. The summed E-state index contributed by atoms with van der Waals surface area (Å²) >= 11 is 0. The zero-order valence-corrected chi connectivity index (χ0v) is 20.0. The third kappa shape index (κ3) is 4.34. The number of halogens is 1. The molecule has 1 aliphatic rings. The molecule has 0 unspecified atom stereocenters. The molecule has 1 aliphatic heterocycles. The van der Waals surface area contributed by atoms with Crippen molar-refractivity contribution in [3.63, 3.8) is 0 Å². The molecule has 2 aromatic heterocycles. The van der Waals surface area contributed by atoms with Crippen molar-refractivity contribution in [2.45, 2.75) is 39.3 Å². The number of nitrogens with zero attached hydrogens (tertiary/aromatic N) is 6. The highest BCUT2D eigenvalue weighted by molar-refractivity contribution is 5.93. The Morgan fingerprint density at radius 2 is 1.94 bits per heavy atom. The van der Waals surface area contributed by atoms with Crippen molar-refractivity contribution in [3.05, 3.63) is 72.1 Å². The molecule has 4 aromatic rings. The third-order valence-electron chi connectivity index (χ3n) is 5.97. The first-order valence-electron chi connectivity index (χ1n) is 11.2. The fraction of sp³-hybridized carbons (Fsp3) is 0.280. The summed E-state index contributed by atoms with van der Waals surface area (Å²) in [5.74, 6) is 1.08. The van der Waals surface area contributed by atoms with E-state index in [4.69, 9.17) is 4.74 Å². The number of carbonyl (C=O) groups is 1. The number of methoxy groups -OCH3 is 1. The molecule has 0 spiro atoms. The van der Waals surface area contributed by atoms with E-state index in [2.05, 4.69) is 20.4 Å². The van der Waals surface area contributed by atoms with E-state index in [1.807, 2.05) is 49.7 Å². The molecule has 1 amide bonds. The maximum atomic E-state index is 13.3. The van der Waals surface area contributed by atoms with Crippen LogP contribution in [0, 0.1) is 12.7 Å². The molecular weight excluding hydrogens is 449 g/mol. The minimum absolute atomic E-state index is 0.0626. The number of hydrogen-bond acceptors (Lipinski definition) is 6. The van der Waals surface area contributed by atoms with Crippen LogP contribution in [0.4, 0.5) is 22.0 Å². The minimum atomic E-state index is -0.542. The van der Waals surface area contributed by atoms with Gasteiger partial charge in [0.05, 0.1) is 43.3 Å². The standard InChI is InChI=1S/C25H26FN7O2/c1-16-13-31(15-27-16)20-10-9-19(11-21(20)35-4)28-23-29-24-32(14-17-5-7-18(26)8-6-17)22(34)12-25(2,3)33(24)30-23/h5-11,13,15H,12,14H2,1-4H3,(H,28,30). The van der Waals surface area contributed by atoms with Gasteiger partial charge >= 0.3 is 0 Å². The van der Waals surface area contributed by atoms with Gasteiger partial charge in [0.1, 0.15) is 11.6 Å². The van der Waals surface area contributed by atoms with E-state index >= 15 is 0 Å². The number of anilines is 3. The Kier molecular flexibility index (Phi) is 5.50. The van der Waals surface area contributed by atoms with Gasteiger partial charge < -0.3 is 14.6 Å². The van der Waals surface area contributed by atoms with E-state index in [0.29, 0.717) is 17.6 Å². The summed E-state index contributed by atoms with van der Waals surface area (Å²) in [5.41, 5.74) is 2.76. The topological polar surface area (TPSA) is 90.1 Å². The highest BCUT2D eigenvalue weighted by Crippen LogP contribution is 2.35. The molecule has 0 saturated heterocycles. The van der Waals surface area contributed by atoms with Gasteiger partial charge in [0.15, 0.2) is 0 Å². The number of nitrogens with one attached hydrogen (secondary N) is 1. The third-order valence-corrected chi connectivity index (χ3v) is 5.97. The van der Waals surface area contributed by atoms with Crippen molar-refractivity contribution >= 4 is 23.5 Å².